The average molecular weight is 404 g/mol. The highest BCUT2D eigenvalue weighted by Crippen LogP contribution is 2.23. The van der Waals surface area contributed by atoms with E-state index in [9.17, 15) is 9.59 Å². The van der Waals surface area contributed by atoms with E-state index in [1.165, 1.54) is 11.3 Å². The van der Waals surface area contributed by atoms with Crippen LogP contribution in [-0.4, -0.2) is 10.5 Å². The van der Waals surface area contributed by atoms with Gasteiger partial charge in [0.15, 0.2) is 0 Å². The number of benzene rings is 3. The molecule has 0 saturated heterocycles. The third kappa shape index (κ3) is 4.22. The molecule has 146 valence electrons. The summed E-state index contributed by atoms with van der Waals surface area (Å²) in [5.74, 6) is 0.409. The van der Waals surface area contributed by atoms with E-state index in [4.69, 9.17) is 4.74 Å². The van der Waals surface area contributed by atoms with E-state index in [2.05, 4.69) is 5.32 Å². The zero-order valence-corrected chi connectivity index (χ0v) is 16.7. The molecule has 6 heteroatoms. The number of carbonyl (C=O) groups is 1. The first-order chi connectivity index (χ1) is 14.1. The largest absolute Gasteiger partial charge is 0.489 e. The Labute approximate surface area is 172 Å². The van der Waals surface area contributed by atoms with Gasteiger partial charge in [-0.25, -0.2) is 0 Å². The van der Waals surface area contributed by atoms with Crippen LogP contribution in [0.1, 0.15) is 22.8 Å². The number of carbonyl (C=O) groups excluding carboxylic acids is 1. The van der Waals surface area contributed by atoms with Crippen molar-refractivity contribution in [2.45, 2.75) is 20.1 Å². The summed E-state index contributed by atoms with van der Waals surface area (Å²) in [5, 5.41) is 2.90. The Hall–Kier alpha value is -3.38. The number of fused-ring (bicyclic) bond motifs is 1. The van der Waals surface area contributed by atoms with Crippen LogP contribution in [-0.2, 0) is 13.2 Å². The van der Waals surface area contributed by atoms with Crippen molar-refractivity contribution in [1.29, 1.82) is 0 Å². The lowest BCUT2D eigenvalue weighted by Crippen LogP contribution is -2.12. The maximum atomic E-state index is 12.7. The van der Waals surface area contributed by atoms with Gasteiger partial charge >= 0.3 is 4.87 Å². The van der Waals surface area contributed by atoms with Crippen LogP contribution in [0.5, 0.6) is 5.75 Å². The monoisotopic (exact) mass is 404 g/mol. The summed E-state index contributed by atoms with van der Waals surface area (Å²) in [6.07, 6.45) is 0. The topological polar surface area (TPSA) is 60.3 Å². The number of amides is 1. The maximum Gasteiger partial charge on any atom is 0.308 e. The normalized spacial score (nSPS) is 10.8. The van der Waals surface area contributed by atoms with Crippen molar-refractivity contribution in [3.8, 4) is 5.75 Å². The number of nitrogens with zero attached hydrogens (tertiary/aromatic N) is 1. The third-order valence-corrected chi connectivity index (χ3v) is 5.53. The van der Waals surface area contributed by atoms with Gasteiger partial charge in [-0.1, -0.05) is 47.7 Å². The predicted octanol–water partition coefficient (Wildman–Crippen LogP) is 4.91. The number of aromatic nitrogens is 1. The standard InChI is InChI=1S/C23H20N2O3S/c1-2-25-20-12-11-18(14-21(20)29-23(25)27)24-22(26)17-9-6-10-19(13-17)28-15-16-7-4-3-5-8-16/h3-14H,2,15H2,1H3,(H,24,26). The zero-order valence-electron chi connectivity index (χ0n) is 15.9. The highest BCUT2D eigenvalue weighted by atomic mass is 32.1. The number of aryl methyl sites for hydroxylation is 1. The lowest BCUT2D eigenvalue weighted by Gasteiger charge is -2.09. The molecule has 0 atom stereocenters. The van der Waals surface area contributed by atoms with Gasteiger partial charge in [0.2, 0.25) is 0 Å². The van der Waals surface area contributed by atoms with Gasteiger partial charge in [-0.15, -0.1) is 0 Å². The molecule has 1 N–H and O–H groups in total. The summed E-state index contributed by atoms with van der Waals surface area (Å²) in [6, 6.07) is 22.5. The number of ether oxygens (including phenoxy) is 1. The lowest BCUT2D eigenvalue weighted by atomic mass is 10.2. The van der Waals surface area contributed by atoms with Crippen molar-refractivity contribution in [2.75, 3.05) is 5.32 Å². The lowest BCUT2D eigenvalue weighted by molar-refractivity contribution is 0.102. The van der Waals surface area contributed by atoms with E-state index in [-0.39, 0.29) is 10.8 Å². The molecule has 0 radical (unpaired) electrons. The second-order valence-electron chi connectivity index (χ2n) is 6.55. The molecule has 1 heterocycles. The number of anilines is 1. The molecule has 4 rings (SSSR count). The van der Waals surface area contributed by atoms with Crippen molar-refractivity contribution in [2.24, 2.45) is 0 Å². The Morgan fingerprint density at radius 3 is 2.66 bits per heavy atom. The smallest absolute Gasteiger partial charge is 0.308 e. The van der Waals surface area contributed by atoms with Gasteiger partial charge in [0.1, 0.15) is 12.4 Å². The van der Waals surface area contributed by atoms with Gasteiger partial charge in [-0.05, 0) is 48.9 Å². The van der Waals surface area contributed by atoms with Crippen molar-refractivity contribution < 1.29 is 9.53 Å². The van der Waals surface area contributed by atoms with Crippen LogP contribution >= 0.6 is 11.3 Å². The molecule has 0 spiro atoms. The molecule has 3 aromatic carbocycles. The summed E-state index contributed by atoms with van der Waals surface area (Å²) < 4.78 is 8.38. The molecule has 0 fully saturated rings. The second kappa shape index (κ2) is 8.32. The molecule has 0 aliphatic heterocycles. The highest BCUT2D eigenvalue weighted by molar-refractivity contribution is 7.16. The highest BCUT2D eigenvalue weighted by Gasteiger charge is 2.10. The van der Waals surface area contributed by atoms with E-state index in [0.29, 0.717) is 30.2 Å². The fourth-order valence-electron chi connectivity index (χ4n) is 3.11. The molecule has 0 bridgehead atoms. The summed E-state index contributed by atoms with van der Waals surface area (Å²) in [4.78, 5) is 24.7. The van der Waals surface area contributed by atoms with Crippen molar-refractivity contribution in [3.63, 3.8) is 0 Å². The number of rotatable bonds is 6. The Balaban J connectivity index is 1.48. The number of nitrogens with one attached hydrogen (secondary N) is 1. The van der Waals surface area contributed by atoms with Crippen LogP contribution in [0.15, 0.2) is 77.6 Å². The van der Waals surface area contributed by atoms with E-state index in [1.54, 1.807) is 22.8 Å². The van der Waals surface area contributed by atoms with Crippen LogP contribution in [0.2, 0.25) is 0 Å². The molecule has 1 aromatic heterocycles. The van der Waals surface area contributed by atoms with Crippen molar-refractivity contribution in [3.05, 3.63) is 93.6 Å². The number of thiazole rings is 1. The van der Waals surface area contributed by atoms with Crippen molar-refractivity contribution >= 4 is 33.1 Å². The Morgan fingerprint density at radius 1 is 1.03 bits per heavy atom. The number of hydrogen-bond donors (Lipinski definition) is 1. The minimum Gasteiger partial charge on any atom is -0.489 e. The average Bonchev–Trinajstić information content (AvgIpc) is 3.07. The molecule has 5 nitrogen and oxygen atoms in total. The molecule has 4 aromatic rings. The van der Waals surface area contributed by atoms with E-state index < -0.39 is 0 Å². The summed E-state index contributed by atoms with van der Waals surface area (Å²) in [5.41, 5.74) is 3.11. The van der Waals surface area contributed by atoms with E-state index >= 15 is 0 Å². The van der Waals surface area contributed by atoms with Gasteiger partial charge < -0.3 is 10.1 Å². The molecule has 0 aliphatic carbocycles. The first kappa shape index (κ1) is 19.0. The predicted molar refractivity (Wildman–Crippen MR) is 117 cm³/mol. The molecular weight excluding hydrogens is 384 g/mol. The van der Waals surface area contributed by atoms with Gasteiger partial charge in [0.05, 0.1) is 10.2 Å². The molecular formula is C23H20N2O3S. The summed E-state index contributed by atoms with van der Waals surface area (Å²) in [7, 11) is 0. The minimum absolute atomic E-state index is 0.00856. The SMILES string of the molecule is CCn1c(=O)sc2cc(NC(=O)c3cccc(OCc4ccccc4)c3)ccc21. The Kier molecular flexibility index (Phi) is 5.44. The fraction of sp³-hybridized carbons (Fsp3) is 0.130. The molecule has 0 aliphatic rings. The first-order valence-electron chi connectivity index (χ1n) is 9.35. The molecule has 0 unspecified atom stereocenters. The molecule has 29 heavy (non-hydrogen) atoms. The third-order valence-electron chi connectivity index (χ3n) is 4.59. The quantitative estimate of drug-likeness (QED) is 0.496. The van der Waals surface area contributed by atoms with Crippen LogP contribution in [0, 0.1) is 0 Å². The van der Waals surface area contributed by atoms with Crippen LogP contribution in [0.4, 0.5) is 5.69 Å². The molecule has 1 amide bonds. The van der Waals surface area contributed by atoms with Gasteiger partial charge in [0, 0.05) is 17.8 Å². The fourth-order valence-corrected chi connectivity index (χ4v) is 4.11. The Morgan fingerprint density at radius 2 is 1.86 bits per heavy atom. The van der Waals surface area contributed by atoms with Crippen LogP contribution in [0.25, 0.3) is 10.2 Å². The first-order valence-corrected chi connectivity index (χ1v) is 10.2. The van der Waals surface area contributed by atoms with Crippen molar-refractivity contribution in [1.82, 2.24) is 4.57 Å². The second-order valence-corrected chi connectivity index (χ2v) is 7.54. The number of hydrogen-bond acceptors (Lipinski definition) is 4. The maximum absolute atomic E-state index is 12.7. The van der Waals surface area contributed by atoms with E-state index in [0.717, 1.165) is 15.8 Å². The van der Waals surface area contributed by atoms with Gasteiger partial charge in [-0.2, -0.15) is 0 Å². The molecule has 0 saturated carbocycles. The van der Waals surface area contributed by atoms with Crippen LogP contribution in [0.3, 0.4) is 0 Å². The summed E-state index contributed by atoms with van der Waals surface area (Å²) in [6.45, 7) is 3.01. The summed E-state index contributed by atoms with van der Waals surface area (Å²) >= 11 is 1.18. The zero-order chi connectivity index (χ0) is 20.2. The minimum atomic E-state index is -0.225. The van der Waals surface area contributed by atoms with Gasteiger partial charge in [0.25, 0.3) is 5.91 Å². The van der Waals surface area contributed by atoms with Crippen LogP contribution < -0.4 is 14.9 Å². The van der Waals surface area contributed by atoms with E-state index in [1.807, 2.05) is 61.5 Å². The Bertz CT molecular complexity index is 1210. The van der Waals surface area contributed by atoms with Gasteiger partial charge in [-0.3, -0.25) is 14.2 Å².